The third kappa shape index (κ3) is 3.16. The quantitative estimate of drug-likeness (QED) is 0.839. The third-order valence-electron chi connectivity index (χ3n) is 6.66. The van der Waals surface area contributed by atoms with Crippen molar-refractivity contribution >= 4 is 11.8 Å². The number of nitrogens with one attached hydrogen (secondary N) is 2. The number of hydrogen-bond donors (Lipinski definition) is 2. The second-order valence-electron chi connectivity index (χ2n) is 8.37. The van der Waals surface area contributed by atoms with Crippen molar-refractivity contribution in [3.63, 3.8) is 0 Å². The van der Waals surface area contributed by atoms with E-state index in [2.05, 4.69) is 10.6 Å². The number of para-hydroxylation sites is 1. The average Bonchev–Trinajstić information content (AvgIpc) is 2.72. The smallest absolute Gasteiger partial charge is 0.258 e. The van der Waals surface area contributed by atoms with Crippen LogP contribution in [0, 0.1) is 23.6 Å². The lowest BCUT2D eigenvalue weighted by Gasteiger charge is -2.55. The Morgan fingerprint density at radius 2 is 2.07 bits per heavy atom. The van der Waals surface area contributed by atoms with Gasteiger partial charge in [0, 0.05) is 24.8 Å². The first-order chi connectivity index (χ1) is 14.0. The lowest BCUT2D eigenvalue weighted by molar-refractivity contribution is -0.146. The lowest BCUT2D eigenvalue weighted by Crippen LogP contribution is -2.66. The number of rotatable bonds is 3. The monoisotopic (exact) mass is 394 g/mol. The summed E-state index contributed by atoms with van der Waals surface area (Å²) in [5, 5.41) is 6.07. The summed E-state index contributed by atoms with van der Waals surface area (Å²) in [6, 6.07) is 13.6. The van der Waals surface area contributed by atoms with Gasteiger partial charge in [0.05, 0.1) is 5.56 Å². The number of carbonyl (C=O) groups excluding carboxylic acids is 2. The first-order valence-corrected chi connectivity index (χ1v) is 10.2. The van der Waals surface area contributed by atoms with Gasteiger partial charge in [-0.05, 0) is 55.0 Å². The second kappa shape index (κ2) is 6.87. The molecule has 2 aromatic rings. The van der Waals surface area contributed by atoms with Gasteiger partial charge in [-0.25, -0.2) is 4.39 Å². The summed E-state index contributed by atoms with van der Waals surface area (Å²) >= 11 is 0. The highest BCUT2D eigenvalue weighted by Crippen LogP contribution is 2.52. The molecule has 4 aliphatic rings. The Balaban J connectivity index is 1.29. The summed E-state index contributed by atoms with van der Waals surface area (Å²) < 4.78 is 19.7. The van der Waals surface area contributed by atoms with E-state index in [1.54, 1.807) is 18.2 Å². The number of halogens is 1. The van der Waals surface area contributed by atoms with Gasteiger partial charge in [-0.2, -0.15) is 0 Å². The average molecular weight is 394 g/mol. The highest BCUT2D eigenvalue weighted by Gasteiger charge is 2.57. The van der Waals surface area contributed by atoms with E-state index >= 15 is 0 Å². The summed E-state index contributed by atoms with van der Waals surface area (Å²) in [7, 11) is 0. The van der Waals surface area contributed by atoms with E-state index in [1.807, 2.05) is 18.2 Å². The van der Waals surface area contributed by atoms with E-state index in [9.17, 15) is 14.0 Å². The summed E-state index contributed by atoms with van der Waals surface area (Å²) in [4.78, 5) is 25.5. The molecule has 3 saturated carbocycles. The molecule has 1 heterocycles. The first kappa shape index (κ1) is 18.2. The minimum absolute atomic E-state index is 0.00125. The Labute approximate surface area is 168 Å². The van der Waals surface area contributed by atoms with E-state index in [0.29, 0.717) is 30.7 Å². The molecule has 29 heavy (non-hydrogen) atoms. The van der Waals surface area contributed by atoms with Crippen molar-refractivity contribution in [3.8, 4) is 5.75 Å². The fourth-order valence-corrected chi connectivity index (χ4v) is 5.25. The molecule has 0 aromatic heterocycles. The minimum atomic E-state index is -0.715. The number of amides is 2. The molecule has 5 nitrogen and oxygen atoms in total. The third-order valence-corrected chi connectivity index (χ3v) is 6.66. The second-order valence-corrected chi connectivity index (χ2v) is 8.37. The van der Waals surface area contributed by atoms with E-state index in [4.69, 9.17) is 4.74 Å². The van der Waals surface area contributed by atoms with Gasteiger partial charge in [0.2, 0.25) is 5.91 Å². The van der Waals surface area contributed by atoms with Crippen molar-refractivity contribution in [3.05, 3.63) is 65.5 Å². The van der Waals surface area contributed by atoms with Gasteiger partial charge in [-0.3, -0.25) is 9.59 Å². The van der Waals surface area contributed by atoms with Crippen molar-refractivity contribution < 1.29 is 18.7 Å². The predicted octanol–water partition coefficient (Wildman–Crippen LogP) is 3.40. The highest BCUT2D eigenvalue weighted by molar-refractivity contribution is 5.98. The van der Waals surface area contributed by atoms with Crippen molar-refractivity contribution in [1.29, 1.82) is 0 Å². The van der Waals surface area contributed by atoms with Crippen molar-refractivity contribution in [2.24, 2.45) is 17.8 Å². The van der Waals surface area contributed by atoms with Crippen molar-refractivity contribution in [1.82, 2.24) is 10.6 Å². The van der Waals surface area contributed by atoms with Gasteiger partial charge in [0.15, 0.2) is 5.72 Å². The summed E-state index contributed by atoms with van der Waals surface area (Å²) in [5.74, 6) is 0.350. The van der Waals surface area contributed by atoms with Crippen LogP contribution >= 0.6 is 0 Å². The summed E-state index contributed by atoms with van der Waals surface area (Å²) in [5.41, 5.74) is 0.590. The molecule has 6 rings (SSSR count). The Morgan fingerprint density at radius 1 is 1.21 bits per heavy atom. The molecular weight excluding hydrogens is 371 g/mol. The van der Waals surface area contributed by atoms with Crippen molar-refractivity contribution in [2.45, 2.75) is 38.0 Å². The molecule has 0 unspecified atom stereocenters. The van der Waals surface area contributed by atoms with E-state index in [1.165, 1.54) is 12.1 Å². The molecular formula is C23H23FN2O3. The maximum atomic E-state index is 13.3. The Hall–Kier alpha value is -2.89. The lowest BCUT2D eigenvalue weighted by atomic mass is 9.60. The largest absolute Gasteiger partial charge is 0.467 e. The zero-order chi connectivity index (χ0) is 20.0. The van der Waals surface area contributed by atoms with Gasteiger partial charge >= 0.3 is 0 Å². The zero-order valence-electron chi connectivity index (χ0n) is 16.0. The van der Waals surface area contributed by atoms with E-state index < -0.39 is 5.72 Å². The SMILES string of the molecule is O=C1N[C@]2(C[C@@H]3CC[C@@H]2C[C@@H]3C(=O)NCc2cccc(F)c2)Oc2ccccc21. The molecule has 4 atom stereocenters. The molecule has 3 fully saturated rings. The van der Waals surface area contributed by atoms with Gasteiger partial charge < -0.3 is 15.4 Å². The predicted molar refractivity (Wildman–Crippen MR) is 104 cm³/mol. The van der Waals surface area contributed by atoms with Crippen LogP contribution in [0.25, 0.3) is 0 Å². The number of ether oxygens (including phenoxy) is 1. The topological polar surface area (TPSA) is 67.4 Å². The molecule has 3 aliphatic carbocycles. The molecule has 6 heteroatoms. The molecule has 0 saturated heterocycles. The molecule has 1 spiro atoms. The van der Waals surface area contributed by atoms with Crippen LogP contribution in [0.15, 0.2) is 48.5 Å². The normalized spacial score (nSPS) is 29.7. The number of hydrogen-bond acceptors (Lipinski definition) is 3. The van der Waals surface area contributed by atoms with E-state index in [-0.39, 0.29) is 35.4 Å². The first-order valence-electron chi connectivity index (χ1n) is 10.2. The van der Waals surface area contributed by atoms with Crippen LogP contribution in [-0.4, -0.2) is 17.5 Å². The van der Waals surface area contributed by atoms with Crippen LogP contribution < -0.4 is 15.4 Å². The van der Waals surface area contributed by atoms with Gasteiger partial charge in [0.1, 0.15) is 11.6 Å². The number of benzene rings is 2. The van der Waals surface area contributed by atoms with Crippen molar-refractivity contribution in [2.75, 3.05) is 0 Å². The van der Waals surface area contributed by atoms with Gasteiger partial charge in [-0.1, -0.05) is 24.3 Å². The Bertz CT molecular complexity index is 978. The van der Waals surface area contributed by atoms with Crippen LogP contribution in [0.2, 0.25) is 0 Å². The number of carbonyl (C=O) groups is 2. The maximum Gasteiger partial charge on any atom is 0.258 e. The molecule has 2 N–H and O–H groups in total. The minimum Gasteiger partial charge on any atom is -0.467 e. The molecule has 2 amide bonds. The summed E-state index contributed by atoms with van der Waals surface area (Å²) in [6.07, 6.45) is 3.20. The summed E-state index contributed by atoms with van der Waals surface area (Å²) in [6.45, 7) is 0.316. The van der Waals surface area contributed by atoms with Crippen LogP contribution in [0.5, 0.6) is 5.75 Å². The Kier molecular flexibility index (Phi) is 4.30. The molecule has 0 radical (unpaired) electrons. The van der Waals surface area contributed by atoms with Crippen LogP contribution in [-0.2, 0) is 11.3 Å². The van der Waals surface area contributed by atoms with E-state index in [0.717, 1.165) is 18.4 Å². The molecule has 1 aliphatic heterocycles. The van der Waals surface area contributed by atoms with Crippen LogP contribution in [0.3, 0.4) is 0 Å². The fourth-order valence-electron chi connectivity index (χ4n) is 5.25. The molecule has 2 aromatic carbocycles. The standard InChI is InChI=1S/C23H23FN2O3/c24-17-5-3-4-14(10-17)13-25-21(27)19-11-16-9-8-15(19)12-23(16)26-22(28)18-6-1-2-7-20(18)29-23/h1-7,10,15-16,19H,8-9,11-13H2,(H,25,27)(H,26,28)/t15-,16+,19-,23+/m0/s1. The van der Waals surface area contributed by atoms with Crippen LogP contribution in [0.1, 0.15) is 41.6 Å². The maximum absolute atomic E-state index is 13.3. The van der Waals surface area contributed by atoms with Gasteiger partial charge in [-0.15, -0.1) is 0 Å². The highest BCUT2D eigenvalue weighted by atomic mass is 19.1. The Morgan fingerprint density at radius 3 is 2.86 bits per heavy atom. The molecule has 2 bridgehead atoms. The van der Waals surface area contributed by atoms with Crippen LogP contribution in [0.4, 0.5) is 4.39 Å². The number of fused-ring (bicyclic) bond motifs is 3. The molecule has 150 valence electrons. The zero-order valence-corrected chi connectivity index (χ0v) is 16.0. The fraction of sp³-hybridized carbons (Fsp3) is 0.391. The van der Waals surface area contributed by atoms with Gasteiger partial charge in [0.25, 0.3) is 5.91 Å².